The van der Waals surface area contributed by atoms with Crippen LogP contribution in [0.1, 0.15) is 34.8 Å². The van der Waals surface area contributed by atoms with Gasteiger partial charge in [0.15, 0.2) is 0 Å². The van der Waals surface area contributed by atoms with Crippen molar-refractivity contribution in [1.82, 2.24) is 5.32 Å². The minimum absolute atomic E-state index is 0.0219. The van der Waals surface area contributed by atoms with E-state index >= 15 is 0 Å². The minimum Gasteiger partial charge on any atom is -0.480 e. The molecular formula is C27H23Cl2N3O5. The van der Waals surface area contributed by atoms with E-state index in [1.807, 2.05) is 30.3 Å². The van der Waals surface area contributed by atoms with Crippen LogP contribution >= 0.6 is 23.2 Å². The Hall–Kier alpha value is -3.88. The summed E-state index contributed by atoms with van der Waals surface area (Å²) in [4.78, 5) is 42.9. The minimum atomic E-state index is -1.33. The third kappa shape index (κ3) is 6.10. The number of nitrogens with one attached hydrogen (secondary N) is 2. The molecule has 3 aromatic rings. The molecule has 1 unspecified atom stereocenters. The van der Waals surface area contributed by atoms with Crippen LogP contribution in [0.5, 0.6) is 0 Å². The Balaban J connectivity index is 1.38. The molecule has 0 radical (unpaired) electrons. The van der Waals surface area contributed by atoms with Gasteiger partial charge in [-0.25, -0.2) is 4.79 Å². The molecule has 1 aliphatic heterocycles. The molecule has 3 N–H and O–H groups in total. The monoisotopic (exact) mass is 539 g/mol. The third-order valence-electron chi connectivity index (χ3n) is 5.89. The Morgan fingerprint density at radius 2 is 1.65 bits per heavy atom. The molecular weight excluding hydrogens is 517 g/mol. The average Bonchev–Trinajstić information content (AvgIpc) is 3.28. The first kappa shape index (κ1) is 26.2. The molecule has 190 valence electrons. The smallest absolute Gasteiger partial charge is 0.326 e. The Bertz CT molecular complexity index is 1340. The number of carboxylic acid groups (broad SMARTS) is 1. The number of carboxylic acids is 1. The summed E-state index contributed by atoms with van der Waals surface area (Å²) in [6, 6.07) is 19.5. The Labute approximate surface area is 223 Å². The summed E-state index contributed by atoms with van der Waals surface area (Å²) in [5.41, 5.74) is 1.38. The van der Waals surface area contributed by atoms with Crippen molar-refractivity contribution in [3.8, 4) is 0 Å². The Kier molecular flexibility index (Phi) is 7.80. The van der Waals surface area contributed by atoms with Crippen LogP contribution in [-0.4, -0.2) is 40.2 Å². The molecule has 8 nitrogen and oxygen atoms in total. The van der Waals surface area contributed by atoms with Crippen LogP contribution in [0.15, 0.2) is 78.0 Å². The summed E-state index contributed by atoms with van der Waals surface area (Å²) in [5.74, 6) is -2.24. The van der Waals surface area contributed by atoms with Gasteiger partial charge in [-0.1, -0.05) is 76.9 Å². The first-order chi connectivity index (χ1) is 17.7. The maximum atomic E-state index is 13.0. The molecule has 37 heavy (non-hydrogen) atoms. The zero-order valence-electron chi connectivity index (χ0n) is 19.7. The lowest BCUT2D eigenvalue weighted by Crippen LogP contribution is -2.51. The molecule has 4 rings (SSSR count). The molecule has 1 aliphatic rings. The van der Waals surface area contributed by atoms with E-state index in [-0.39, 0.29) is 28.5 Å². The number of anilines is 1. The van der Waals surface area contributed by atoms with Gasteiger partial charge in [0.25, 0.3) is 11.8 Å². The van der Waals surface area contributed by atoms with Crippen LogP contribution in [0.4, 0.5) is 5.69 Å². The maximum absolute atomic E-state index is 13.0. The van der Waals surface area contributed by atoms with Crippen LogP contribution in [0.3, 0.4) is 0 Å². The van der Waals surface area contributed by atoms with Crippen molar-refractivity contribution in [2.24, 2.45) is 5.16 Å². The fraction of sp³-hybridized carbons (Fsp3) is 0.185. The van der Waals surface area contributed by atoms with E-state index in [2.05, 4.69) is 15.8 Å². The SMILES string of the molecule is CC1(C(=O)N[C@@H](Cc2ccc(NC(=O)c3c(Cl)cccc3Cl)cc2)C(=O)O)CC(c2ccccc2)=NO1. The largest absolute Gasteiger partial charge is 0.480 e. The second kappa shape index (κ2) is 11.0. The Morgan fingerprint density at radius 1 is 1.00 bits per heavy atom. The summed E-state index contributed by atoms with van der Waals surface area (Å²) in [6.07, 6.45) is 0.229. The van der Waals surface area contributed by atoms with Crippen molar-refractivity contribution in [2.45, 2.75) is 31.4 Å². The molecule has 10 heteroatoms. The van der Waals surface area contributed by atoms with Gasteiger partial charge in [-0.05, 0) is 42.3 Å². The predicted octanol–water partition coefficient (Wildman–Crippen LogP) is 4.94. The standard InChI is InChI=1S/C27H23Cl2N3O5/c1-27(15-22(32-37-27)17-6-3-2-4-7-17)26(36)31-21(25(34)35)14-16-10-12-18(13-11-16)30-24(33)23-19(28)8-5-9-20(23)29/h2-13,21H,14-15H2,1H3,(H,30,33)(H,31,36)(H,34,35)/t21-,27?/m0/s1. The molecule has 0 aliphatic carbocycles. The molecule has 0 fully saturated rings. The zero-order valence-corrected chi connectivity index (χ0v) is 21.2. The van der Waals surface area contributed by atoms with Crippen molar-refractivity contribution in [1.29, 1.82) is 0 Å². The van der Waals surface area contributed by atoms with E-state index < -0.39 is 29.4 Å². The van der Waals surface area contributed by atoms with Crippen molar-refractivity contribution in [3.63, 3.8) is 0 Å². The van der Waals surface area contributed by atoms with Crippen LogP contribution in [0.2, 0.25) is 10.0 Å². The number of amides is 2. The first-order valence-corrected chi connectivity index (χ1v) is 12.1. The van der Waals surface area contributed by atoms with E-state index in [1.165, 1.54) is 0 Å². The highest BCUT2D eigenvalue weighted by molar-refractivity contribution is 6.40. The second-order valence-electron chi connectivity index (χ2n) is 8.72. The number of hydrogen-bond acceptors (Lipinski definition) is 5. The van der Waals surface area contributed by atoms with Crippen LogP contribution in [0.25, 0.3) is 0 Å². The van der Waals surface area contributed by atoms with Crippen LogP contribution in [0, 0.1) is 0 Å². The van der Waals surface area contributed by atoms with Gasteiger partial charge in [-0.3, -0.25) is 9.59 Å². The number of oxime groups is 1. The lowest BCUT2D eigenvalue weighted by atomic mass is 9.94. The fourth-order valence-electron chi connectivity index (χ4n) is 3.83. The molecule has 0 saturated heterocycles. The van der Waals surface area contributed by atoms with Gasteiger partial charge in [0, 0.05) is 18.5 Å². The summed E-state index contributed by atoms with van der Waals surface area (Å²) in [7, 11) is 0. The summed E-state index contributed by atoms with van der Waals surface area (Å²) < 4.78 is 0. The molecule has 0 aromatic heterocycles. The van der Waals surface area contributed by atoms with E-state index in [9.17, 15) is 19.5 Å². The van der Waals surface area contributed by atoms with E-state index in [4.69, 9.17) is 28.0 Å². The highest BCUT2D eigenvalue weighted by atomic mass is 35.5. The second-order valence-corrected chi connectivity index (χ2v) is 9.53. The molecule has 1 heterocycles. The summed E-state index contributed by atoms with van der Waals surface area (Å²) in [6.45, 7) is 1.57. The third-order valence-corrected chi connectivity index (χ3v) is 6.52. The normalized spacial score (nSPS) is 17.3. The average molecular weight is 540 g/mol. The molecule has 2 amide bonds. The first-order valence-electron chi connectivity index (χ1n) is 11.3. The van der Waals surface area contributed by atoms with Crippen molar-refractivity contribution in [3.05, 3.63) is 99.5 Å². The van der Waals surface area contributed by atoms with Gasteiger partial charge in [-0.15, -0.1) is 0 Å². The van der Waals surface area contributed by atoms with Gasteiger partial charge in [0.1, 0.15) is 6.04 Å². The predicted molar refractivity (Wildman–Crippen MR) is 141 cm³/mol. The number of nitrogens with zero attached hydrogens (tertiary/aromatic N) is 1. The van der Waals surface area contributed by atoms with Crippen molar-refractivity contribution < 1.29 is 24.3 Å². The number of rotatable bonds is 8. The van der Waals surface area contributed by atoms with Crippen molar-refractivity contribution in [2.75, 3.05) is 5.32 Å². The van der Waals surface area contributed by atoms with Crippen molar-refractivity contribution >= 4 is 52.4 Å². The maximum Gasteiger partial charge on any atom is 0.326 e. The molecule has 3 aromatic carbocycles. The molecule has 0 spiro atoms. The van der Waals surface area contributed by atoms with Gasteiger partial charge in [0.05, 0.1) is 21.3 Å². The highest BCUT2D eigenvalue weighted by Gasteiger charge is 2.43. The van der Waals surface area contributed by atoms with Gasteiger partial charge in [0.2, 0.25) is 5.60 Å². The fourth-order valence-corrected chi connectivity index (χ4v) is 4.40. The van der Waals surface area contributed by atoms with Gasteiger partial charge < -0.3 is 20.6 Å². The van der Waals surface area contributed by atoms with E-state index in [0.717, 1.165) is 5.56 Å². The summed E-state index contributed by atoms with van der Waals surface area (Å²) >= 11 is 12.2. The Morgan fingerprint density at radius 3 is 2.27 bits per heavy atom. The zero-order chi connectivity index (χ0) is 26.6. The lowest BCUT2D eigenvalue weighted by molar-refractivity contribution is -0.148. The number of aliphatic carboxylic acids is 1. The van der Waals surface area contributed by atoms with E-state index in [0.29, 0.717) is 17.0 Å². The van der Waals surface area contributed by atoms with Gasteiger partial charge >= 0.3 is 5.97 Å². The number of hydrogen-bond donors (Lipinski definition) is 3. The van der Waals surface area contributed by atoms with Crippen LogP contribution in [-0.2, 0) is 20.8 Å². The topological polar surface area (TPSA) is 117 Å². The van der Waals surface area contributed by atoms with Gasteiger partial charge in [-0.2, -0.15) is 0 Å². The molecule has 0 bridgehead atoms. The number of benzene rings is 3. The number of halogens is 2. The quantitative estimate of drug-likeness (QED) is 0.374. The lowest BCUT2D eigenvalue weighted by Gasteiger charge is -2.23. The summed E-state index contributed by atoms with van der Waals surface area (Å²) in [5, 5.41) is 19.5. The molecule has 2 atom stereocenters. The van der Waals surface area contributed by atoms with Crippen LogP contribution < -0.4 is 10.6 Å². The van der Waals surface area contributed by atoms with E-state index in [1.54, 1.807) is 49.4 Å². The number of carbonyl (C=O) groups is 3. The number of carbonyl (C=O) groups excluding carboxylic acids is 2. The molecule has 0 saturated carbocycles. The highest BCUT2D eigenvalue weighted by Crippen LogP contribution is 2.28.